The molecule has 2 aromatic carbocycles. The first kappa shape index (κ1) is 22.7. The first-order valence-corrected chi connectivity index (χ1v) is 12.6. The van der Waals surface area contributed by atoms with Gasteiger partial charge in [0.25, 0.3) is 5.91 Å². The fraction of sp³-hybridized carbons (Fsp3) is 0.333. The number of halogens is 1. The maximum Gasteiger partial charge on any atom is 0.252 e. The Kier molecular flexibility index (Phi) is 6.79. The van der Waals surface area contributed by atoms with Crippen molar-refractivity contribution in [2.24, 2.45) is 0 Å². The van der Waals surface area contributed by atoms with Crippen molar-refractivity contribution in [2.75, 3.05) is 11.4 Å². The quantitative estimate of drug-likeness (QED) is 0.437. The SMILES string of the molecule is O=C1CC(N(CCC2=CCCCC2)S(=O)(=O)c2ccccc2)C(=O)N1c1ccc(Cl)cc1. The highest BCUT2D eigenvalue weighted by atomic mass is 35.5. The number of anilines is 1. The van der Waals surface area contributed by atoms with Gasteiger partial charge in [0.15, 0.2) is 0 Å². The number of benzene rings is 2. The first-order chi connectivity index (χ1) is 15.4. The highest BCUT2D eigenvalue weighted by Crippen LogP contribution is 2.31. The third-order valence-corrected chi connectivity index (χ3v) is 8.12. The van der Waals surface area contributed by atoms with E-state index in [1.54, 1.807) is 42.5 Å². The molecule has 0 saturated carbocycles. The van der Waals surface area contributed by atoms with Crippen molar-refractivity contribution in [2.45, 2.75) is 49.5 Å². The minimum Gasteiger partial charge on any atom is -0.274 e. The summed E-state index contributed by atoms with van der Waals surface area (Å²) < 4.78 is 28.3. The van der Waals surface area contributed by atoms with Gasteiger partial charge in [0, 0.05) is 11.6 Å². The van der Waals surface area contributed by atoms with E-state index < -0.39 is 27.9 Å². The Balaban J connectivity index is 1.66. The van der Waals surface area contributed by atoms with Gasteiger partial charge in [-0.1, -0.05) is 41.4 Å². The molecule has 0 spiro atoms. The molecular formula is C24H25ClN2O4S. The summed E-state index contributed by atoms with van der Waals surface area (Å²) in [5.74, 6) is -0.957. The molecule has 1 unspecified atom stereocenters. The second kappa shape index (κ2) is 9.57. The summed E-state index contributed by atoms with van der Waals surface area (Å²) >= 11 is 5.93. The van der Waals surface area contributed by atoms with Crippen LogP contribution in [0.2, 0.25) is 5.02 Å². The van der Waals surface area contributed by atoms with Gasteiger partial charge in [0.2, 0.25) is 15.9 Å². The van der Waals surface area contributed by atoms with Crippen LogP contribution in [0.5, 0.6) is 0 Å². The zero-order chi connectivity index (χ0) is 22.7. The van der Waals surface area contributed by atoms with Crippen molar-refractivity contribution in [3.8, 4) is 0 Å². The Hall–Kier alpha value is -2.48. The van der Waals surface area contributed by atoms with Gasteiger partial charge < -0.3 is 0 Å². The molecule has 1 fully saturated rings. The van der Waals surface area contributed by atoms with E-state index in [0.717, 1.165) is 30.6 Å². The zero-order valence-electron chi connectivity index (χ0n) is 17.6. The monoisotopic (exact) mass is 472 g/mol. The summed E-state index contributed by atoms with van der Waals surface area (Å²) in [5, 5.41) is 0.485. The predicted octanol–water partition coefficient (Wildman–Crippen LogP) is 4.55. The standard InChI is InChI=1S/C24H25ClN2O4S/c25-19-11-13-20(14-12-19)27-23(28)17-22(24(27)29)26(16-15-18-7-3-1-4-8-18)32(30,31)21-9-5-2-6-10-21/h2,5-7,9-14,22H,1,3-4,8,15-17H2. The first-order valence-electron chi connectivity index (χ1n) is 10.7. The highest BCUT2D eigenvalue weighted by Gasteiger charge is 2.46. The Morgan fingerprint density at radius 3 is 2.38 bits per heavy atom. The van der Waals surface area contributed by atoms with Crippen LogP contribution in [0.4, 0.5) is 5.69 Å². The summed E-state index contributed by atoms with van der Waals surface area (Å²) in [4.78, 5) is 27.3. The molecule has 0 aromatic heterocycles. The highest BCUT2D eigenvalue weighted by molar-refractivity contribution is 7.89. The van der Waals surface area contributed by atoms with E-state index >= 15 is 0 Å². The van der Waals surface area contributed by atoms with Crippen molar-refractivity contribution >= 4 is 39.1 Å². The number of hydrogen-bond donors (Lipinski definition) is 0. The molecule has 2 amide bonds. The van der Waals surface area contributed by atoms with Gasteiger partial charge >= 0.3 is 0 Å². The lowest BCUT2D eigenvalue weighted by Crippen LogP contribution is -2.46. The Labute approximate surface area is 193 Å². The third-order valence-electron chi connectivity index (χ3n) is 5.94. The smallest absolute Gasteiger partial charge is 0.252 e. The number of imide groups is 1. The van der Waals surface area contributed by atoms with E-state index in [9.17, 15) is 18.0 Å². The number of carbonyl (C=O) groups excluding carboxylic acids is 2. The van der Waals surface area contributed by atoms with E-state index in [-0.39, 0.29) is 17.9 Å². The minimum absolute atomic E-state index is 0.114. The lowest BCUT2D eigenvalue weighted by molar-refractivity contribution is -0.122. The van der Waals surface area contributed by atoms with Crippen LogP contribution in [0.1, 0.15) is 38.5 Å². The van der Waals surface area contributed by atoms with Crippen LogP contribution in [0.25, 0.3) is 0 Å². The molecule has 1 heterocycles. The average Bonchev–Trinajstić information content (AvgIpc) is 3.09. The molecule has 32 heavy (non-hydrogen) atoms. The second-order valence-electron chi connectivity index (χ2n) is 8.05. The van der Waals surface area contributed by atoms with Gasteiger partial charge in [-0.3, -0.25) is 9.59 Å². The summed E-state index contributed by atoms with van der Waals surface area (Å²) in [5.41, 5.74) is 1.59. The lowest BCUT2D eigenvalue weighted by atomic mass is 9.97. The molecule has 2 aromatic rings. The molecule has 1 aliphatic heterocycles. The molecule has 0 N–H and O–H groups in total. The van der Waals surface area contributed by atoms with E-state index in [2.05, 4.69) is 6.08 Å². The van der Waals surface area contributed by atoms with Gasteiger partial charge in [-0.2, -0.15) is 4.31 Å². The van der Waals surface area contributed by atoms with E-state index in [4.69, 9.17) is 11.6 Å². The molecule has 1 atom stereocenters. The van der Waals surface area contributed by atoms with Gasteiger partial charge in [-0.05, 0) is 68.5 Å². The second-order valence-corrected chi connectivity index (χ2v) is 10.4. The van der Waals surface area contributed by atoms with Crippen LogP contribution >= 0.6 is 11.6 Å². The maximum atomic E-state index is 13.5. The van der Waals surface area contributed by atoms with Gasteiger partial charge in [0.1, 0.15) is 6.04 Å². The minimum atomic E-state index is -3.97. The van der Waals surface area contributed by atoms with Crippen LogP contribution in [0.3, 0.4) is 0 Å². The summed E-state index contributed by atoms with van der Waals surface area (Å²) in [6.07, 6.45) is 6.68. The molecule has 2 aliphatic rings. The summed E-state index contributed by atoms with van der Waals surface area (Å²) in [6.45, 7) is 0.154. The molecule has 0 radical (unpaired) electrons. The Bertz CT molecular complexity index is 1130. The van der Waals surface area contributed by atoms with Crippen LogP contribution in [0.15, 0.2) is 71.1 Å². The van der Waals surface area contributed by atoms with Crippen molar-refractivity contribution in [3.05, 3.63) is 71.3 Å². The Morgan fingerprint density at radius 2 is 1.72 bits per heavy atom. The Morgan fingerprint density at radius 1 is 1.00 bits per heavy atom. The molecule has 6 nitrogen and oxygen atoms in total. The maximum absolute atomic E-state index is 13.5. The molecule has 8 heteroatoms. The number of amides is 2. The summed E-state index contributed by atoms with van der Waals surface area (Å²) in [6, 6.07) is 13.4. The normalized spacial score (nSPS) is 19.5. The van der Waals surface area contributed by atoms with Gasteiger partial charge in [-0.25, -0.2) is 13.3 Å². The van der Waals surface area contributed by atoms with Crippen LogP contribution in [0, 0.1) is 0 Å². The fourth-order valence-electron chi connectivity index (χ4n) is 4.26. The van der Waals surface area contributed by atoms with Crippen molar-refractivity contribution < 1.29 is 18.0 Å². The largest absolute Gasteiger partial charge is 0.274 e. The van der Waals surface area contributed by atoms with E-state index in [1.165, 1.54) is 22.0 Å². The van der Waals surface area contributed by atoms with Crippen LogP contribution in [-0.2, 0) is 19.6 Å². The predicted molar refractivity (Wildman–Crippen MR) is 124 cm³/mol. The number of hydrogen-bond acceptors (Lipinski definition) is 4. The molecular weight excluding hydrogens is 448 g/mol. The van der Waals surface area contributed by atoms with Crippen LogP contribution < -0.4 is 4.90 Å². The number of carbonyl (C=O) groups is 2. The van der Waals surface area contributed by atoms with Crippen LogP contribution in [-0.4, -0.2) is 37.1 Å². The summed E-state index contributed by atoms with van der Waals surface area (Å²) in [7, 11) is -3.97. The van der Waals surface area contributed by atoms with Crippen molar-refractivity contribution in [1.29, 1.82) is 0 Å². The van der Waals surface area contributed by atoms with Gasteiger partial charge in [-0.15, -0.1) is 0 Å². The molecule has 1 aliphatic carbocycles. The average molecular weight is 473 g/mol. The molecule has 4 rings (SSSR count). The number of nitrogens with zero attached hydrogens (tertiary/aromatic N) is 2. The van der Waals surface area contributed by atoms with E-state index in [0.29, 0.717) is 17.1 Å². The van der Waals surface area contributed by atoms with E-state index in [1.807, 2.05) is 0 Å². The van der Waals surface area contributed by atoms with Crippen molar-refractivity contribution in [1.82, 2.24) is 4.31 Å². The lowest BCUT2D eigenvalue weighted by Gasteiger charge is -2.27. The third kappa shape index (κ3) is 4.65. The topological polar surface area (TPSA) is 74.8 Å². The molecule has 0 bridgehead atoms. The number of sulfonamides is 1. The number of allylic oxidation sites excluding steroid dienone is 1. The van der Waals surface area contributed by atoms with Crippen molar-refractivity contribution in [3.63, 3.8) is 0 Å². The van der Waals surface area contributed by atoms with Gasteiger partial charge in [0.05, 0.1) is 17.0 Å². The zero-order valence-corrected chi connectivity index (χ0v) is 19.2. The number of rotatable bonds is 7. The molecule has 168 valence electrons. The molecule has 1 saturated heterocycles. The fourth-order valence-corrected chi connectivity index (χ4v) is 5.99.